The maximum Gasteiger partial charge on any atom is 0.370 e. The summed E-state index contributed by atoms with van der Waals surface area (Å²) in [6.07, 6.45) is -2.90. The molecule has 8 heteroatoms. The summed E-state index contributed by atoms with van der Waals surface area (Å²) in [7, 11) is 0. The van der Waals surface area contributed by atoms with Crippen molar-refractivity contribution in [3.63, 3.8) is 0 Å². The van der Waals surface area contributed by atoms with Crippen LogP contribution in [0.25, 0.3) is 0 Å². The molecule has 0 fully saturated rings. The molecule has 1 heterocycles. The quantitative estimate of drug-likeness (QED) is 0.403. The van der Waals surface area contributed by atoms with E-state index in [9.17, 15) is 19.8 Å². The van der Waals surface area contributed by atoms with E-state index in [1.807, 2.05) is 0 Å². The highest BCUT2D eigenvalue weighted by atomic mass is 16.5. The smallest absolute Gasteiger partial charge is 0.370 e. The number of carboxylic acids is 1. The van der Waals surface area contributed by atoms with Crippen LogP contribution < -0.4 is 5.32 Å². The lowest BCUT2D eigenvalue weighted by molar-refractivity contribution is -0.146. The van der Waals surface area contributed by atoms with Gasteiger partial charge in [-0.1, -0.05) is 6.92 Å². The molecule has 0 radical (unpaired) electrons. The van der Waals surface area contributed by atoms with Gasteiger partial charge in [-0.2, -0.15) is 0 Å². The highest BCUT2D eigenvalue weighted by Crippen LogP contribution is 2.26. The van der Waals surface area contributed by atoms with Crippen LogP contribution in [-0.2, 0) is 14.3 Å². The van der Waals surface area contributed by atoms with Gasteiger partial charge >= 0.3 is 5.97 Å². The van der Waals surface area contributed by atoms with E-state index in [0.717, 1.165) is 0 Å². The van der Waals surface area contributed by atoms with Crippen LogP contribution in [0.4, 0.5) is 0 Å². The molecule has 0 aromatic carbocycles. The van der Waals surface area contributed by atoms with Gasteiger partial charge in [0.25, 0.3) is 0 Å². The SMILES string of the molecule is CC(=O)N[C@H]1[C@H]([C@H](O)[C@H](O)CO)OC(C(=O)O)=C[C@H]1C. The predicted octanol–water partition coefficient (Wildman–Crippen LogP) is -1.79. The van der Waals surface area contributed by atoms with Crippen LogP contribution in [0.2, 0.25) is 0 Å². The third-order valence-corrected chi connectivity index (χ3v) is 3.10. The van der Waals surface area contributed by atoms with Gasteiger partial charge in [-0.3, -0.25) is 4.79 Å². The van der Waals surface area contributed by atoms with Gasteiger partial charge in [0.2, 0.25) is 11.7 Å². The summed E-state index contributed by atoms with van der Waals surface area (Å²) in [5.41, 5.74) is 0. The minimum Gasteiger partial charge on any atom is -0.478 e. The predicted molar refractivity (Wildman–Crippen MR) is 66.5 cm³/mol. The molecule has 114 valence electrons. The molecule has 5 N–H and O–H groups in total. The molecule has 0 bridgehead atoms. The van der Waals surface area contributed by atoms with Gasteiger partial charge in [0, 0.05) is 12.8 Å². The molecular formula is C12H19NO7. The van der Waals surface area contributed by atoms with Crippen LogP contribution in [0.1, 0.15) is 13.8 Å². The van der Waals surface area contributed by atoms with Crippen LogP contribution in [0.15, 0.2) is 11.8 Å². The number of carbonyl (C=O) groups is 2. The summed E-state index contributed by atoms with van der Waals surface area (Å²) in [6, 6.07) is -0.716. The molecule has 5 atom stereocenters. The lowest BCUT2D eigenvalue weighted by Crippen LogP contribution is -2.57. The molecule has 0 aliphatic carbocycles. The molecular weight excluding hydrogens is 270 g/mol. The standard InChI is InChI=1S/C12H19NO7/c1-5-3-8(12(18)19)20-11(9(5)13-6(2)15)10(17)7(16)4-14/h3,5,7,9-11,14,16-17H,4H2,1-2H3,(H,13,15)(H,18,19)/t5-,7-,9-,10-,11-/m1/s1. The summed E-state index contributed by atoms with van der Waals surface area (Å²) in [6.45, 7) is 2.21. The van der Waals surface area contributed by atoms with E-state index in [2.05, 4.69) is 5.32 Å². The first kappa shape index (κ1) is 16.4. The van der Waals surface area contributed by atoms with E-state index in [0.29, 0.717) is 0 Å². The molecule has 0 spiro atoms. The van der Waals surface area contributed by atoms with Crippen molar-refractivity contribution in [1.29, 1.82) is 0 Å². The Hall–Kier alpha value is -1.64. The van der Waals surface area contributed by atoms with Gasteiger partial charge < -0.3 is 30.5 Å². The first-order chi connectivity index (χ1) is 9.27. The molecule has 1 rings (SSSR count). The second-order valence-corrected chi connectivity index (χ2v) is 4.74. The Morgan fingerprint density at radius 1 is 1.45 bits per heavy atom. The fraction of sp³-hybridized carbons (Fsp3) is 0.667. The zero-order valence-electron chi connectivity index (χ0n) is 11.2. The van der Waals surface area contributed by atoms with Crippen LogP contribution in [-0.4, -0.2) is 63.3 Å². The summed E-state index contributed by atoms with van der Waals surface area (Å²) in [4.78, 5) is 22.1. The minimum absolute atomic E-state index is 0.367. The number of nitrogens with one attached hydrogen (secondary N) is 1. The van der Waals surface area contributed by atoms with Crippen molar-refractivity contribution in [2.45, 2.75) is 38.2 Å². The molecule has 0 aromatic rings. The zero-order chi connectivity index (χ0) is 15.4. The van der Waals surface area contributed by atoms with Crippen molar-refractivity contribution < 1.29 is 34.8 Å². The lowest BCUT2D eigenvalue weighted by atomic mass is 9.88. The summed E-state index contributed by atoms with van der Waals surface area (Å²) in [5.74, 6) is -2.49. The number of hydrogen-bond donors (Lipinski definition) is 5. The molecule has 1 aliphatic heterocycles. The van der Waals surface area contributed by atoms with Crippen molar-refractivity contribution in [3.05, 3.63) is 11.8 Å². The van der Waals surface area contributed by atoms with Crippen molar-refractivity contribution in [3.8, 4) is 0 Å². The largest absolute Gasteiger partial charge is 0.478 e. The van der Waals surface area contributed by atoms with E-state index >= 15 is 0 Å². The molecule has 1 amide bonds. The normalized spacial score (nSPS) is 28.9. The van der Waals surface area contributed by atoms with Crippen molar-refractivity contribution >= 4 is 11.9 Å². The van der Waals surface area contributed by atoms with Crippen LogP contribution in [0.5, 0.6) is 0 Å². The Labute approximate surface area is 115 Å². The number of hydrogen-bond acceptors (Lipinski definition) is 6. The Kier molecular flexibility index (Phi) is 5.49. The molecule has 0 unspecified atom stereocenters. The Balaban J connectivity index is 3.04. The van der Waals surface area contributed by atoms with E-state index in [1.54, 1.807) is 6.92 Å². The Morgan fingerprint density at radius 2 is 2.05 bits per heavy atom. The fourth-order valence-electron chi connectivity index (χ4n) is 2.08. The first-order valence-electron chi connectivity index (χ1n) is 6.13. The lowest BCUT2D eigenvalue weighted by Gasteiger charge is -2.38. The maximum atomic E-state index is 11.2. The number of aliphatic carboxylic acids is 1. The number of rotatable bonds is 5. The summed E-state index contributed by atoms with van der Waals surface area (Å²) in [5, 5.41) is 39.8. The highest BCUT2D eigenvalue weighted by molar-refractivity contribution is 5.84. The van der Waals surface area contributed by atoms with Crippen molar-refractivity contribution in [2.75, 3.05) is 6.61 Å². The number of aliphatic hydroxyl groups is 3. The van der Waals surface area contributed by atoms with Crippen LogP contribution in [0.3, 0.4) is 0 Å². The maximum absolute atomic E-state index is 11.2. The highest BCUT2D eigenvalue weighted by Gasteiger charge is 2.41. The van der Waals surface area contributed by atoms with Crippen LogP contribution in [0, 0.1) is 5.92 Å². The van der Waals surface area contributed by atoms with Gasteiger partial charge in [-0.25, -0.2) is 4.79 Å². The third-order valence-electron chi connectivity index (χ3n) is 3.10. The Morgan fingerprint density at radius 3 is 2.50 bits per heavy atom. The van der Waals surface area contributed by atoms with E-state index in [-0.39, 0.29) is 11.7 Å². The van der Waals surface area contributed by atoms with Crippen LogP contribution >= 0.6 is 0 Å². The number of aliphatic hydroxyl groups excluding tert-OH is 3. The fourth-order valence-corrected chi connectivity index (χ4v) is 2.08. The van der Waals surface area contributed by atoms with E-state index in [1.165, 1.54) is 13.0 Å². The van der Waals surface area contributed by atoms with Gasteiger partial charge in [-0.15, -0.1) is 0 Å². The zero-order valence-corrected chi connectivity index (χ0v) is 11.2. The Bertz CT molecular complexity index is 409. The first-order valence-corrected chi connectivity index (χ1v) is 6.13. The molecule has 0 aromatic heterocycles. The minimum atomic E-state index is -1.54. The third kappa shape index (κ3) is 3.69. The van der Waals surface area contributed by atoms with E-state index in [4.69, 9.17) is 14.9 Å². The summed E-state index contributed by atoms with van der Waals surface area (Å²) >= 11 is 0. The second-order valence-electron chi connectivity index (χ2n) is 4.74. The summed E-state index contributed by atoms with van der Waals surface area (Å²) < 4.78 is 5.14. The average molecular weight is 289 g/mol. The van der Waals surface area contributed by atoms with Gasteiger partial charge in [0.05, 0.1) is 12.6 Å². The molecule has 0 saturated heterocycles. The number of carboxylic acid groups (broad SMARTS) is 1. The van der Waals surface area contributed by atoms with E-state index < -0.39 is 42.8 Å². The van der Waals surface area contributed by atoms with Gasteiger partial charge in [0.15, 0.2) is 0 Å². The topological polar surface area (TPSA) is 136 Å². The van der Waals surface area contributed by atoms with Crippen molar-refractivity contribution in [1.82, 2.24) is 5.32 Å². The molecule has 0 saturated carbocycles. The second kappa shape index (κ2) is 6.69. The number of ether oxygens (including phenoxy) is 1. The van der Waals surface area contributed by atoms with Gasteiger partial charge in [0.1, 0.15) is 18.3 Å². The molecule has 1 aliphatic rings. The number of amides is 1. The molecule has 8 nitrogen and oxygen atoms in total. The monoisotopic (exact) mass is 289 g/mol. The average Bonchev–Trinajstić information content (AvgIpc) is 2.38. The van der Waals surface area contributed by atoms with Crippen molar-refractivity contribution in [2.24, 2.45) is 5.92 Å². The molecule has 20 heavy (non-hydrogen) atoms. The van der Waals surface area contributed by atoms with Gasteiger partial charge in [-0.05, 0) is 6.08 Å². The number of carbonyl (C=O) groups excluding carboxylic acids is 1.